The molecule has 0 fully saturated rings. The number of aryl methyl sites for hydroxylation is 1. The fourth-order valence-electron chi connectivity index (χ4n) is 4.48. The molecule has 0 heteroatoms. The van der Waals surface area contributed by atoms with Crippen LogP contribution in [0.1, 0.15) is 65.8 Å². The van der Waals surface area contributed by atoms with Crippen LogP contribution in [0.15, 0.2) is 42.5 Å². The summed E-state index contributed by atoms with van der Waals surface area (Å²) in [7, 11) is 0. The Morgan fingerprint density at radius 1 is 0.905 bits per heavy atom. The second kappa shape index (κ2) is 5.33. The maximum Gasteiger partial charge on any atom is -0.0115 e. The van der Waals surface area contributed by atoms with E-state index in [1.165, 1.54) is 38.5 Å². The molecule has 0 saturated heterocycles. The second-order valence-electron chi connectivity index (χ2n) is 6.92. The molecule has 21 heavy (non-hydrogen) atoms. The molecule has 0 N–H and O–H groups in total. The molecule has 2 aliphatic carbocycles. The van der Waals surface area contributed by atoms with Gasteiger partial charge in [-0.25, -0.2) is 0 Å². The molecule has 2 aromatic rings. The molecule has 108 valence electrons. The molecule has 2 aromatic carbocycles. The minimum Gasteiger partial charge on any atom is -0.0620 e. The molecule has 0 bridgehead atoms. The van der Waals surface area contributed by atoms with Gasteiger partial charge in [0.2, 0.25) is 0 Å². The van der Waals surface area contributed by atoms with E-state index in [1.54, 1.807) is 27.8 Å². The van der Waals surface area contributed by atoms with Crippen molar-refractivity contribution in [1.82, 2.24) is 0 Å². The lowest BCUT2D eigenvalue weighted by Crippen LogP contribution is -2.11. The highest BCUT2D eigenvalue weighted by Crippen LogP contribution is 2.39. The SMILES string of the molecule is CC1CCCc2c(CC3CCc4ccccc43)cccc21. The summed E-state index contributed by atoms with van der Waals surface area (Å²) in [5, 5.41) is 0. The number of fused-ring (bicyclic) bond motifs is 2. The minimum absolute atomic E-state index is 0.741. The van der Waals surface area contributed by atoms with E-state index in [-0.39, 0.29) is 0 Å². The van der Waals surface area contributed by atoms with Crippen LogP contribution < -0.4 is 0 Å². The van der Waals surface area contributed by atoms with Crippen LogP contribution in [-0.4, -0.2) is 0 Å². The molecule has 0 heterocycles. The molecule has 0 amide bonds. The molecule has 0 nitrogen and oxygen atoms in total. The normalized spacial score (nSPS) is 23.7. The number of hydrogen-bond acceptors (Lipinski definition) is 0. The van der Waals surface area contributed by atoms with E-state index in [0.29, 0.717) is 0 Å². The summed E-state index contributed by atoms with van der Waals surface area (Å²) in [5.74, 6) is 1.49. The molecule has 0 aromatic heterocycles. The third-order valence-electron chi connectivity index (χ3n) is 5.63. The summed E-state index contributed by atoms with van der Waals surface area (Å²) >= 11 is 0. The van der Waals surface area contributed by atoms with E-state index in [1.807, 2.05) is 0 Å². The number of hydrogen-bond donors (Lipinski definition) is 0. The highest BCUT2D eigenvalue weighted by atomic mass is 14.3. The lowest BCUT2D eigenvalue weighted by atomic mass is 9.79. The van der Waals surface area contributed by atoms with Crippen LogP contribution in [0.25, 0.3) is 0 Å². The van der Waals surface area contributed by atoms with Gasteiger partial charge in [0.15, 0.2) is 0 Å². The predicted octanol–water partition coefficient (Wildman–Crippen LogP) is 5.40. The smallest absolute Gasteiger partial charge is 0.0115 e. The van der Waals surface area contributed by atoms with Crippen molar-refractivity contribution in [3.8, 4) is 0 Å². The summed E-state index contributed by atoms with van der Waals surface area (Å²) in [6, 6.07) is 16.1. The third-order valence-corrected chi connectivity index (χ3v) is 5.63. The van der Waals surface area contributed by atoms with Crippen molar-refractivity contribution < 1.29 is 0 Å². The molecular formula is C21H24. The first-order chi connectivity index (χ1) is 10.3. The van der Waals surface area contributed by atoms with Gasteiger partial charge in [0.1, 0.15) is 0 Å². The van der Waals surface area contributed by atoms with Crippen molar-refractivity contribution in [2.45, 2.75) is 57.3 Å². The fourth-order valence-corrected chi connectivity index (χ4v) is 4.48. The minimum atomic E-state index is 0.741. The molecule has 2 atom stereocenters. The molecule has 0 spiro atoms. The third kappa shape index (κ3) is 2.31. The van der Waals surface area contributed by atoms with Gasteiger partial charge in [0, 0.05) is 0 Å². The van der Waals surface area contributed by atoms with Crippen LogP contribution in [0.3, 0.4) is 0 Å². The molecular weight excluding hydrogens is 252 g/mol. The fraction of sp³-hybridized carbons (Fsp3) is 0.429. The maximum absolute atomic E-state index is 2.40. The quantitative estimate of drug-likeness (QED) is 0.689. The van der Waals surface area contributed by atoms with Crippen molar-refractivity contribution in [3.63, 3.8) is 0 Å². The molecule has 0 radical (unpaired) electrons. The molecule has 0 saturated carbocycles. The summed E-state index contributed by atoms with van der Waals surface area (Å²) in [4.78, 5) is 0. The van der Waals surface area contributed by atoms with Crippen LogP contribution >= 0.6 is 0 Å². The first-order valence-electron chi connectivity index (χ1n) is 8.51. The number of benzene rings is 2. The summed E-state index contributed by atoms with van der Waals surface area (Å²) in [6.07, 6.45) is 7.87. The zero-order valence-corrected chi connectivity index (χ0v) is 12.9. The monoisotopic (exact) mass is 276 g/mol. The zero-order chi connectivity index (χ0) is 14.2. The average Bonchev–Trinajstić information content (AvgIpc) is 2.92. The van der Waals surface area contributed by atoms with Gasteiger partial charge in [-0.15, -0.1) is 0 Å². The van der Waals surface area contributed by atoms with Crippen molar-refractivity contribution >= 4 is 0 Å². The maximum atomic E-state index is 2.40. The highest BCUT2D eigenvalue weighted by Gasteiger charge is 2.25. The van der Waals surface area contributed by atoms with Crippen LogP contribution in [0.4, 0.5) is 0 Å². The van der Waals surface area contributed by atoms with Crippen molar-refractivity contribution in [1.29, 1.82) is 0 Å². The largest absolute Gasteiger partial charge is 0.0620 e. The van der Waals surface area contributed by atoms with Crippen LogP contribution in [0.5, 0.6) is 0 Å². The van der Waals surface area contributed by atoms with E-state index in [4.69, 9.17) is 0 Å². The van der Waals surface area contributed by atoms with Crippen LogP contribution in [-0.2, 0) is 19.3 Å². The predicted molar refractivity (Wildman–Crippen MR) is 89.0 cm³/mol. The number of rotatable bonds is 2. The lowest BCUT2D eigenvalue weighted by molar-refractivity contribution is 0.580. The topological polar surface area (TPSA) is 0 Å². The van der Waals surface area contributed by atoms with E-state index in [9.17, 15) is 0 Å². The lowest BCUT2D eigenvalue weighted by Gasteiger charge is -2.26. The van der Waals surface area contributed by atoms with Gasteiger partial charge in [0.05, 0.1) is 0 Å². The van der Waals surface area contributed by atoms with Gasteiger partial charge >= 0.3 is 0 Å². The van der Waals surface area contributed by atoms with E-state index in [0.717, 1.165) is 11.8 Å². The van der Waals surface area contributed by atoms with Crippen molar-refractivity contribution in [2.24, 2.45) is 0 Å². The summed E-state index contributed by atoms with van der Waals surface area (Å²) in [5.41, 5.74) is 8.13. The Hall–Kier alpha value is -1.56. The molecule has 2 aliphatic rings. The van der Waals surface area contributed by atoms with Gasteiger partial charge in [-0.3, -0.25) is 0 Å². The Bertz CT molecular complexity index is 653. The van der Waals surface area contributed by atoms with Gasteiger partial charge in [-0.2, -0.15) is 0 Å². The van der Waals surface area contributed by atoms with Gasteiger partial charge in [-0.05, 0) is 78.2 Å². The Morgan fingerprint density at radius 2 is 1.76 bits per heavy atom. The Kier molecular flexibility index (Phi) is 3.33. The first-order valence-corrected chi connectivity index (χ1v) is 8.51. The summed E-state index contributed by atoms with van der Waals surface area (Å²) < 4.78 is 0. The Balaban J connectivity index is 1.66. The zero-order valence-electron chi connectivity index (χ0n) is 12.9. The van der Waals surface area contributed by atoms with E-state index < -0.39 is 0 Å². The van der Waals surface area contributed by atoms with Crippen LogP contribution in [0.2, 0.25) is 0 Å². The van der Waals surface area contributed by atoms with Crippen LogP contribution in [0, 0.1) is 0 Å². The molecule has 4 rings (SSSR count). The molecule has 0 aliphatic heterocycles. The standard InChI is InChI=1S/C21H24/c1-15-6-4-11-21-17(8-5-10-19(15)21)14-18-13-12-16-7-2-3-9-20(16)18/h2-3,5,7-10,15,18H,4,6,11-14H2,1H3. The Labute approximate surface area is 128 Å². The van der Waals surface area contributed by atoms with Gasteiger partial charge in [0.25, 0.3) is 0 Å². The second-order valence-corrected chi connectivity index (χ2v) is 6.92. The van der Waals surface area contributed by atoms with E-state index in [2.05, 4.69) is 49.4 Å². The van der Waals surface area contributed by atoms with Gasteiger partial charge < -0.3 is 0 Å². The van der Waals surface area contributed by atoms with Gasteiger partial charge in [-0.1, -0.05) is 49.4 Å². The first kappa shape index (κ1) is 13.1. The average molecular weight is 276 g/mol. The highest BCUT2D eigenvalue weighted by molar-refractivity contribution is 5.42. The summed E-state index contributed by atoms with van der Waals surface area (Å²) in [6.45, 7) is 2.40. The van der Waals surface area contributed by atoms with E-state index >= 15 is 0 Å². The molecule has 2 unspecified atom stereocenters. The van der Waals surface area contributed by atoms with Crippen molar-refractivity contribution in [3.05, 3.63) is 70.3 Å². The van der Waals surface area contributed by atoms with Crippen molar-refractivity contribution in [2.75, 3.05) is 0 Å². The Morgan fingerprint density at radius 3 is 2.71 bits per heavy atom.